The lowest BCUT2D eigenvalue weighted by Crippen LogP contribution is -2.59. The third-order valence-electron chi connectivity index (χ3n) is 5.53. The molecule has 2 fully saturated rings. The minimum absolute atomic E-state index is 0.160. The van der Waals surface area contributed by atoms with Gasteiger partial charge in [-0.3, -0.25) is 19.3 Å². The molecule has 1 atom stereocenters. The van der Waals surface area contributed by atoms with E-state index in [9.17, 15) is 40.4 Å². The fourth-order valence-corrected chi connectivity index (χ4v) is 5.63. The van der Waals surface area contributed by atoms with Gasteiger partial charge in [0.05, 0.1) is 17.3 Å². The summed E-state index contributed by atoms with van der Waals surface area (Å²) in [6, 6.07) is -0.667. The number of nitrogens with zero attached hydrogens (tertiary/aromatic N) is 3. The van der Waals surface area contributed by atoms with E-state index in [-0.39, 0.29) is 50.7 Å². The first-order valence-corrected chi connectivity index (χ1v) is 12.2. The SMILES string of the molecule is NC(=O)[C@H](NS(=O)(=O)c1cc(F)cc(N2CCCC2=O)c1Cl)C(=O)N1CCN(CC(F)(F)F)CC1. The van der Waals surface area contributed by atoms with Gasteiger partial charge in [0.1, 0.15) is 10.7 Å². The predicted molar refractivity (Wildman–Crippen MR) is 115 cm³/mol. The maximum Gasteiger partial charge on any atom is 0.401 e. The number of benzene rings is 1. The highest BCUT2D eigenvalue weighted by atomic mass is 35.5. The van der Waals surface area contributed by atoms with Gasteiger partial charge in [0.2, 0.25) is 21.8 Å². The lowest BCUT2D eigenvalue weighted by molar-refractivity contribution is -0.152. The zero-order valence-corrected chi connectivity index (χ0v) is 19.7. The van der Waals surface area contributed by atoms with Crippen molar-refractivity contribution < 1.29 is 40.4 Å². The molecule has 0 bridgehead atoms. The van der Waals surface area contributed by atoms with Crippen LogP contribution in [0, 0.1) is 5.82 Å². The van der Waals surface area contributed by atoms with Gasteiger partial charge in [-0.05, 0) is 18.6 Å². The van der Waals surface area contributed by atoms with Crippen LogP contribution in [0.2, 0.25) is 5.02 Å². The molecule has 3 rings (SSSR count). The molecule has 194 valence electrons. The highest BCUT2D eigenvalue weighted by Crippen LogP contribution is 2.35. The number of hydrogen-bond acceptors (Lipinski definition) is 6. The third-order valence-corrected chi connectivity index (χ3v) is 7.49. The minimum atomic E-state index is -4.81. The Morgan fingerprint density at radius 1 is 1.14 bits per heavy atom. The summed E-state index contributed by atoms with van der Waals surface area (Å²) < 4.78 is 79.8. The maximum absolute atomic E-state index is 14.3. The molecule has 10 nitrogen and oxygen atoms in total. The van der Waals surface area contributed by atoms with Gasteiger partial charge in [-0.15, -0.1) is 0 Å². The van der Waals surface area contributed by atoms with E-state index < -0.39 is 56.3 Å². The van der Waals surface area contributed by atoms with E-state index in [4.69, 9.17) is 17.3 Å². The molecule has 0 radical (unpaired) electrons. The molecule has 1 aromatic rings. The molecule has 0 saturated carbocycles. The Hall–Kier alpha value is -2.49. The second-order valence-electron chi connectivity index (χ2n) is 8.06. The Labute approximate surface area is 203 Å². The average Bonchev–Trinajstić information content (AvgIpc) is 3.17. The number of halogens is 5. The normalized spacial score (nSPS) is 18.7. The Kier molecular flexibility index (Phi) is 7.93. The van der Waals surface area contributed by atoms with Crippen LogP contribution in [-0.2, 0) is 24.4 Å². The van der Waals surface area contributed by atoms with Crippen LogP contribution in [0.5, 0.6) is 0 Å². The van der Waals surface area contributed by atoms with Gasteiger partial charge in [-0.1, -0.05) is 11.6 Å². The molecule has 2 saturated heterocycles. The van der Waals surface area contributed by atoms with Gasteiger partial charge in [0.25, 0.3) is 5.91 Å². The first kappa shape index (κ1) is 27.1. The number of carbonyl (C=O) groups excluding carboxylic acids is 3. The summed E-state index contributed by atoms with van der Waals surface area (Å²) in [6.45, 7) is -1.72. The van der Waals surface area contributed by atoms with Gasteiger partial charge in [0.15, 0.2) is 6.04 Å². The second kappa shape index (κ2) is 10.2. The number of anilines is 1. The van der Waals surface area contributed by atoms with Crippen LogP contribution in [0.4, 0.5) is 23.2 Å². The number of piperazine rings is 1. The summed E-state index contributed by atoms with van der Waals surface area (Å²) >= 11 is 6.18. The van der Waals surface area contributed by atoms with Crippen molar-refractivity contribution in [1.29, 1.82) is 0 Å². The second-order valence-corrected chi connectivity index (χ2v) is 10.1. The minimum Gasteiger partial charge on any atom is -0.368 e. The van der Waals surface area contributed by atoms with Crippen LogP contribution in [0.1, 0.15) is 12.8 Å². The van der Waals surface area contributed by atoms with Crippen molar-refractivity contribution in [1.82, 2.24) is 14.5 Å². The molecule has 3 N–H and O–H groups in total. The molecule has 1 aromatic carbocycles. The fourth-order valence-electron chi connectivity index (χ4n) is 3.86. The van der Waals surface area contributed by atoms with E-state index >= 15 is 0 Å². The van der Waals surface area contributed by atoms with Crippen molar-refractivity contribution >= 4 is 45.0 Å². The van der Waals surface area contributed by atoms with E-state index in [1.54, 1.807) is 0 Å². The van der Waals surface area contributed by atoms with Gasteiger partial charge in [-0.25, -0.2) is 12.8 Å². The van der Waals surface area contributed by atoms with Crippen molar-refractivity contribution in [3.63, 3.8) is 0 Å². The zero-order valence-electron chi connectivity index (χ0n) is 18.1. The number of amides is 3. The summed E-state index contributed by atoms with van der Waals surface area (Å²) in [7, 11) is -4.81. The van der Waals surface area contributed by atoms with E-state index in [0.29, 0.717) is 12.5 Å². The number of alkyl halides is 3. The molecule has 0 spiro atoms. The van der Waals surface area contributed by atoms with Gasteiger partial charge >= 0.3 is 6.18 Å². The summed E-state index contributed by atoms with van der Waals surface area (Å²) in [4.78, 5) is 39.2. The molecule has 35 heavy (non-hydrogen) atoms. The van der Waals surface area contributed by atoms with Crippen LogP contribution in [0.15, 0.2) is 17.0 Å². The van der Waals surface area contributed by atoms with Crippen molar-refractivity contribution in [3.8, 4) is 0 Å². The quantitative estimate of drug-likeness (QED) is 0.379. The molecule has 16 heteroatoms. The van der Waals surface area contributed by atoms with Gasteiger partial charge < -0.3 is 15.5 Å². The van der Waals surface area contributed by atoms with Crippen molar-refractivity contribution in [3.05, 3.63) is 23.0 Å². The van der Waals surface area contributed by atoms with Crippen LogP contribution in [-0.4, -0.2) is 87.4 Å². The largest absolute Gasteiger partial charge is 0.401 e. The van der Waals surface area contributed by atoms with E-state index in [2.05, 4.69) is 0 Å². The lowest BCUT2D eigenvalue weighted by atomic mass is 10.2. The highest BCUT2D eigenvalue weighted by molar-refractivity contribution is 7.89. The molecule has 2 aliphatic rings. The van der Waals surface area contributed by atoms with Crippen LogP contribution in [0.3, 0.4) is 0 Å². The Bertz CT molecular complexity index is 1130. The number of nitrogens with one attached hydrogen (secondary N) is 1. The maximum atomic E-state index is 14.3. The Morgan fingerprint density at radius 3 is 2.29 bits per heavy atom. The Balaban J connectivity index is 1.80. The monoisotopic (exact) mass is 543 g/mol. The number of primary amides is 1. The van der Waals surface area contributed by atoms with Crippen molar-refractivity contribution in [2.24, 2.45) is 5.73 Å². The van der Waals surface area contributed by atoms with E-state index in [1.165, 1.54) is 0 Å². The molecular weight excluding hydrogens is 522 g/mol. The Morgan fingerprint density at radius 2 is 1.77 bits per heavy atom. The van der Waals surface area contributed by atoms with Crippen LogP contribution in [0.25, 0.3) is 0 Å². The van der Waals surface area contributed by atoms with Crippen molar-refractivity contribution in [2.45, 2.75) is 30.0 Å². The van der Waals surface area contributed by atoms with Crippen LogP contribution >= 0.6 is 11.6 Å². The average molecular weight is 544 g/mol. The van der Waals surface area contributed by atoms with E-state index in [1.807, 2.05) is 4.72 Å². The molecule has 3 amide bonds. The highest BCUT2D eigenvalue weighted by Gasteiger charge is 2.38. The molecular formula is C19H22ClF4N5O5S. The summed E-state index contributed by atoms with van der Waals surface area (Å²) in [5.74, 6) is -3.87. The molecule has 0 unspecified atom stereocenters. The smallest absolute Gasteiger partial charge is 0.368 e. The number of hydrogen-bond donors (Lipinski definition) is 2. The number of nitrogens with two attached hydrogens (primary N) is 1. The molecule has 2 heterocycles. The van der Waals surface area contributed by atoms with Gasteiger partial charge in [-0.2, -0.15) is 17.9 Å². The fraction of sp³-hybridized carbons (Fsp3) is 0.526. The third kappa shape index (κ3) is 6.39. The summed E-state index contributed by atoms with van der Waals surface area (Å²) in [5.41, 5.74) is 5.04. The number of sulfonamides is 1. The molecule has 0 aliphatic carbocycles. The van der Waals surface area contributed by atoms with Crippen LogP contribution < -0.4 is 15.4 Å². The summed E-state index contributed by atoms with van der Waals surface area (Å²) in [6.07, 6.45) is -3.80. The zero-order chi connectivity index (χ0) is 26.1. The first-order valence-electron chi connectivity index (χ1n) is 10.4. The first-order chi connectivity index (χ1) is 16.2. The molecule has 0 aromatic heterocycles. The van der Waals surface area contributed by atoms with E-state index in [0.717, 1.165) is 20.8 Å². The lowest BCUT2D eigenvalue weighted by Gasteiger charge is -2.36. The summed E-state index contributed by atoms with van der Waals surface area (Å²) in [5, 5.41) is -0.495. The number of carbonyl (C=O) groups is 3. The predicted octanol–water partition coefficient (Wildman–Crippen LogP) is 0.445. The number of rotatable bonds is 7. The topological polar surface area (TPSA) is 133 Å². The van der Waals surface area contributed by atoms with Gasteiger partial charge in [0, 0.05) is 39.1 Å². The van der Waals surface area contributed by atoms with Crippen molar-refractivity contribution in [2.75, 3.05) is 44.2 Å². The molecule has 2 aliphatic heterocycles. The standard InChI is InChI=1S/C19H22ClF4N5O5S/c20-15-12(29-3-1-2-14(29)30)8-11(21)9-13(15)35(33,34)26-16(17(25)31)18(32)28-6-4-27(5-7-28)10-19(22,23)24/h8-9,16,26H,1-7,10H2,(H2,25,31)/t16-/m0/s1.